The van der Waals surface area contributed by atoms with E-state index in [4.69, 9.17) is 15.2 Å². The second-order valence-electron chi connectivity index (χ2n) is 8.99. The lowest BCUT2D eigenvalue weighted by atomic mass is 10.1. The molecule has 1 fully saturated rings. The molecule has 2 unspecified atom stereocenters. The normalized spacial score (nSPS) is 18.4. The highest BCUT2D eigenvalue weighted by molar-refractivity contribution is 5.69. The zero-order valence-electron chi connectivity index (χ0n) is 19.6. The first-order chi connectivity index (χ1) is 15.7. The van der Waals surface area contributed by atoms with E-state index in [1.54, 1.807) is 4.52 Å². The molecule has 3 heterocycles. The minimum Gasteiger partial charge on any atom is -0.463 e. The van der Waals surface area contributed by atoms with Crippen molar-refractivity contribution in [3.8, 4) is 0 Å². The third kappa shape index (κ3) is 7.47. The van der Waals surface area contributed by atoms with Crippen molar-refractivity contribution in [3.63, 3.8) is 0 Å². The molecule has 0 bridgehead atoms. The number of carbonyl (C=O) groups excluding carboxylic acids is 1. The predicted octanol–water partition coefficient (Wildman–Crippen LogP) is 5.78. The molecule has 7 nitrogen and oxygen atoms in total. The van der Waals surface area contributed by atoms with Gasteiger partial charge in [0.05, 0.1) is 11.8 Å². The van der Waals surface area contributed by atoms with Gasteiger partial charge in [-0.25, -0.2) is 9.50 Å². The molecule has 2 aromatic heterocycles. The SMILES string of the molecule is CCCCCCCCCCCCCC(=O)OCC1CCC(c2ccc3c(N)ncnn23)O1. The summed E-state index contributed by atoms with van der Waals surface area (Å²) in [6.07, 6.45) is 17.6. The molecular formula is C25H40N4O3. The summed E-state index contributed by atoms with van der Waals surface area (Å²) in [6.45, 7) is 2.58. The van der Waals surface area contributed by atoms with Gasteiger partial charge in [0.1, 0.15) is 24.6 Å². The quantitative estimate of drug-likeness (QED) is 0.277. The topological polar surface area (TPSA) is 91.7 Å². The number of fused-ring (bicyclic) bond motifs is 1. The number of nitrogens with two attached hydrogens (primary N) is 1. The lowest BCUT2D eigenvalue weighted by Gasteiger charge is -2.14. The molecule has 2 atom stereocenters. The lowest BCUT2D eigenvalue weighted by Crippen LogP contribution is -2.18. The number of nitrogens with zero attached hydrogens (tertiary/aromatic N) is 3. The van der Waals surface area contributed by atoms with Crippen molar-refractivity contribution in [2.75, 3.05) is 12.3 Å². The van der Waals surface area contributed by atoms with Gasteiger partial charge in [0.25, 0.3) is 0 Å². The van der Waals surface area contributed by atoms with Crippen LogP contribution in [0.5, 0.6) is 0 Å². The number of nitrogen functional groups attached to an aromatic ring is 1. The Balaban J connectivity index is 1.23. The number of rotatable bonds is 15. The van der Waals surface area contributed by atoms with E-state index in [2.05, 4.69) is 17.0 Å². The molecule has 0 spiro atoms. The maximum atomic E-state index is 12.1. The van der Waals surface area contributed by atoms with E-state index in [9.17, 15) is 4.79 Å². The Hall–Kier alpha value is -2.15. The number of esters is 1. The molecule has 2 aromatic rings. The van der Waals surface area contributed by atoms with Gasteiger partial charge in [-0.15, -0.1) is 0 Å². The molecule has 0 radical (unpaired) electrons. The van der Waals surface area contributed by atoms with Gasteiger partial charge in [-0.3, -0.25) is 4.79 Å². The van der Waals surface area contributed by atoms with Crippen molar-refractivity contribution in [3.05, 3.63) is 24.2 Å². The summed E-state index contributed by atoms with van der Waals surface area (Å²) in [5.41, 5.74) is 7.65. The standard InChI is InChI=1S/C25H40N4O3/c1-2-3-4-5-6-7-8-9-10-11-12-13-24(30)31-18-20-14-17-23(32-20)21-15-16-22-25(26)27-19-28-29(21)22/h15-16,19-20,23H,2-14,17-18H2,1H3,(H2,26,27,28). The molecule has 0 amide bonds. The Labute approximate surface area is 192 Å². The Bertz CT molecular complexity index is 823. The summed E-state index contributed by atoms with van der Waals surface area (Å²) in [5.74, 6) is 0.346. The number of hydrogen-bond donors (Lipinski definition) is 1. The van der Waals surface area contributed by atoms with Crippen LogP contribution in [0.15, 0.2) is 18.5 Å². The molecule has 1 aliphatic rings. The van der Waals surface area contributed by atoms with Gasteiger partial charge < -0.3 is 15.2 Å². The van der Waals surface area contributed by atoms with Crippen LogP contribution in [0.2, 0.25) is 0 Å². The van der Waals surface area contributed by atoms with Crippen LogP contribution < -0.4 is 5.73 Å². The molecule has 0 aliphatic carbocycles. The molecule has 3 rings (SSSR count). The van der Waals surface area contributed by atoms with Gasteiger partial charge in [0.15, 0.2) is 5.82 Å². The first-order valence-electron chi connectivity index (χ1n) is 12.6. The lowest BCUT2D eigenvalue weighted by molar-refractivity contribution is -0.147. The number of aromatic nitrogens is 3. The summed E-state index contributed by atoms with van der Waals surface area (Å²) < 4.78 is 13.4. The molecule has 7 heteroatoms. The summed E-state index contributed by atoms with van der Waals surface area (Å²) >= 11 is 0. The van der Waals surface area contributed by atoms with Crippen LogP contribution in [0.3, 0.4) is 0 Å². The number of carbonyl (C=O) groups is 1. The van der Waals surface area contributed by atoms with Gasteiger partial charge in [0, 0.05) is 6.42 Å². The van der Waals surface area contributed by atoms with E-state index in [1.807, 2.05) is 12.1 Å². The number of hydrogen-bond acceptors (Lipinski definition) is 6. The fourth-order valence-electron chi connectivity index (χ4n) is 4.45. The summed E-state index contributed by atoms with van der Waals surface area (Å²) in [5, 5.41) is 4.29. The monoisotopic (exact) mass is 444 g/mol. The maximum absolute atomic E-state index is 12.1. The minimum atomic E-state index is -0.110. The first kappa shape index (κ1) is 24.5. The molecule has 0 aromatic carbocycles. The Morgan fingerprint density at radius 1 is 1.06 bits per heavy atom. The second-order valence-corrected chi connectivity index (χ2v) is 8.99. The molecule has 1 aliphatic heterocycles. The highest BCUT2D eigenvalue weighted by atomic mass is 16.6. The van der Waals surface area contributed by atoms with E-state index in [-0.39, 0.29) is 18.2 Å². The van der Waals surface area contributed by atoms with Crippen LogP contribution in [-0.4, -0.2) is 33.3 Å². The largest absolute Gasteiger partial charge is 0.463 e. The van der Waals surface area contributed by atoms with Crippen LogP contribution in [0.4, 0.5) is 5.82 Å². The van der Waals surface area contributed by atoms with Crippen molar-refractivity contribution in [1.29, 1.82) is 0 Å². The summed E-state index contributed by atoms with van der Waals surface area (Å²) in [7, 11) is 0. The molecular weight excluding hydrogens is 404 g/mol. The van der Waals surface area contributed by atoms with Crippen LogP contribution in [0.1, 0.15) is 109 Å². The summed E-state index contributed by atoms with van der Waals surface area (Å²) in [4.78, 5) is 16.1. The smallest absolute Gasteiger partial charge is 0.305 e. The zero-order valence-corrected chi connectivity index (χ0v) is 19.6. The van der Waals surface area contributed by atoms with Crippen molar-refractivity contribution >= 4 is 17.3 Å². The minimum absolute atomic E-state index is 0.0639. The molecule has 0 saturated carbocycles. The van der Waals surface area contributed by atoms with Crippen molar-refractivity contribution < 1.29 is 14.3 Å². The van der Waals surface area contributed by atoms with Crippen LogP contribution in [0.25, 0.3) is 5.52 Å². The molecule has 178 valence electrons. The zero-order chi connectivity index (χ0) is 22.6. The Morgan fingerprint density at radius 3 is 2.47 bits per heavy atom. The Morgan fingerprint density at radius 2 is 1.75 bits per heavy atom. The van der Waals surface area contributed by atoms with Gasteiger partial charge in [-0.2, -0.15) is 5.10 Å². The van der Waals surface area contributed by atoms with Gasteiger partial charge in [-0.05, 0) is 31.4 Å². The van der Waals surface area contributed by atoms with Crippen LogP contribution in [-0.2, 0) is 14.3 Å². The maximum Gasteiger partial charge on any atom is 0.305 e. The highest BCUT2D eigenvalue weighted by Crippen LogP contribution is 2.34. The molecule has 32 heavy (non-hydrogen) atoms. The van der Waals surface area contributed by atoms with Gasteiger partial charge >= 0.3 is 5.97 Å². The van der Waals surface area contributed by atoms with Gasteiger partial charge in [-0.1, -0.05) is 71.1 Å². The van der Waals surface area contributed by atoms with E-state index in [1.165, 1.54) is 64.1 Å². The number of unbranched alkanes of at least 4 members (excludes halogenated alkanes) is 10. The van der Waals surface area contributed by atoms with Crippen LogP contribution in [0, 0.1) is 0 Å². The fraction of sp³-hybridized carbons (Fsp3) is 0.720. The average molecular weight is 445 g/mol. The van der Waals surface area contributed by atoms with E-state index in [0.29, 0.717) is 18.8 Å². The first-order valence-corrected chi connectivity index (χ1v) is 12.6. The van der Waals surface area contributed by atoms with Gasteiger partial charge in [0.2, 0.25) is 0 Å². The Kier molecular flexibility index (Phi) is 10.3. The highest BCUT2D eigenvalue weighted by Gasteiger charge is 2.29. The third-order valence-corrected chi connectivity index (χ3v) is 6.36. The van der Waals surface area contributed by atoms with Crippen molar-refractivity contribution in [2.24, 2.45) is 0 Å². The summed E-state index contributed by atoms with van der Waals surface area (Å²) in [6, 6.07) is 3.89. The molecule has 2 N–H and O–H groups in total. The average Bonchev–Trinajstić information content (AvgIpc) is 3.43. The van der Waals surface area contributed by atoms with E-state index in [0.717, 1.165) is 36.9 Å². The van der Waals surface area contributed by atoms with E-state index < -0.39 is 0 Å². The third-order valence-electron chi connectivity index (χ3n) is 6.36. The number of anilines is 1. The van der Waals surface area contributed by atoms with E-state index >= 15 is 0 Å². The predicted molar refractivity (Wildman–Crippen MR) is 126 cm³/mol. The molecule has 1 saturated heterocycles. The fourth-order valence-corrected chi connectivity index (χ4v) is 4.45. The van der Waals surface area contributed by atoms with Crippen molar-refractivity contribution in [1.82, 2.24) is 14.6 Å². The van der Waals surface area contributed by atoms with Crippen LogP contribution >= 0.6 is 0 Å². The second kappa shape index (κ2) is 13.4. The number of ether oxygens (including phenoxy) is 2. The van der Waals surface area contributed by atoms with Crippen molar-refractivity contribution in [2.45, 2.75) is 109 Å².